The van der Waals surface area contributed by atoms with E-state index < -0.39 is 0 Å². The Hall–Kier alpha value is -0.900. The van der Waals surface area contributed by atoms with Crippen molar-refractivity contribution in [2.24, 2.45) is 0 Å². The minimum absolute atomic E-state index is 0.118. The molecule has 0 saturated carbocycles. The molecule has 1 amide bonds. The molecular formula is C10H11BrN2O. The van der Waals surface area contributed by atoms with Gasteiger partial charge in [-0.15, -0.1) is 0 Å². The smallest absolute Gasteiger partial charge is 0.220 e. The summed E-state index contributed by atoms with van der Waals surface area (Å²) in [6.45, 7) is 2.01. The molecule has 74 valence electrons. The second-order valence-corrected chi connectivity index (χ2v) is 4.48. The van der Waals surface area contributed by atoms with Crippen molar-refractivity contribution in [2.45, 2.75) is 25.3 Å². The number of nitrogens with one attached hydrogen (secondary N) is 1. The Bertz CT molecular complexity index is 350. The first kappa shape index (κ1) is 9.65. The predicted octanol–water partition coefficient (Wildman–Crippen LogP) is 1.84. The van der Waals surface area contributed by atoms with Crippen LogP contribution in [0.15, 0.2) is 22.8 Å². The fraction of sp³-hybridized carbons (Fsp3) is 0.400. The summed E-state index contributed by atoms with van der Waals surface area (Å²) in [5, 5.41) is 2.89. The van der Waals surface area contributed by atoms with Gasteiger partial charge in [0.2, 0.25) is 5.91 Å². The third-order valence-electron chi connectivity index (χ3n) is 2.53. The third kappa shape index (κ3) is 1.80. The van der Waals surface area contributed by atoms with Crippen LogP contribution < -0.4 is 5.32 Å². The van der Waals surface area contributed by atoms with E-state index in [1.165, 1.54) is 0 Å². The zero-order valence-electron chi connectivity index (χ0n) is 7.83. The Labute approximate surface area is 91.0 Å². The number of hydrogen-bond donors (Lipinski definition) is 1. The molecule has 1 saturated heterocycles. The molecule has 2 unspecified atom stereocenters. The zero-order valence-corrected chi connectivity index (χ0v) is 9.41. The normalized spacial score (nSPS) is 26.3. The van der Waals surface area contributed by atoms with Crippen LogP contribution in [0.25, 0.3) is 0 Å². The fourth-order valence-electron chi connectivity index (χ4n) is 1.76. The minimum atomic E-state index is 0.118. The maximum atomic E-state index is 11.2. The van der Waals surface area contributed by atoms with Crippen molar-refractivity contribution < 1.29 is 4.79 Å². The van der Waals surface area contributed by atoms with Crippen LogP contribution >= 0.6 is 15.9 Å². The van der Waals surface area contributed by atoms with E-state index in [1.54, 1.807) is 6.20 Å². The van der Waals surface area contributed by atoms with E-state index in [9.17, 15) is 4.79 Å². The number of nitrogens with zero attached hydrogens (tertiary/aromatic N) is 1. The number of rotatable bonds is 1. The summed E-state index contributed by atoms with van der Waals surface area (Å²) in [6.07, 6.45) is 2.32. The summed E-state index contributed by atoms with van der Waals surface area (Å²) in [5.74, 6) is 0.336. The number of amides is 1. The van der Waals surface area contributed by atoms with Crippen molar-refractivity contribution in [1.82, 2.24) is 10.3 Å². The van der Waals surface area contributed by atoms with E-state index in [-0.39, 0.29) is 17.9 Å². The lowest BCUT2D eigenvalue weighted by Gasteiger charge is -2.12. The molecule has 1 aliphatic rings. The second-order valence-electron chi connectivity index (χ2n) is 3.57. The molecule has 0 aromatic carbocycles. The number of halogens is 1. The Morgan fingerprint density at radius 1 is 1.57 bits per heavy atom. The molecule has 1 fully saturated rings. The van der Waals surface area contributed by atoms with Gasteiger partial charge in [0.15, 0.2) is 0 Å². The number of carbonyl (C=O) groups is 1. The highest BCUT2D eigenvalue weighted by molar-refractivity contribution is 9.10. The van der Waals surface area contributed by atoms with Gasteiger partial charge >= 0.3 is 0 Å². The van der Waals surface area contributed by atoms with E-state index in [0.717, 1.165) is 10.2 Å². The molecule has 2 rings (SSSR count). The van der Waals surface area contributed by atoms with E-state index in [1.807, 2.05) is 19.1 Å². The first-order valence-electron chi connectivity index (χ1n) is 4.57. The van der Waals surface area contributed by atoms with Gasteiger partial charge in [-0.3, -0.25) is 9.78 Å². The van der Waals surface area contributed by atoms with Crippen molar-refractivity contribution in [3.8, 4) is 0 Å². The third-order valence-corrected chi connectivity index (χ3v) is 3.00. The molecule has 0 bridgehead atoms. The van der Waals surface area contributed by atoms with Gasteiger partial charge in [-0.05, 0) is 35.0 Å². The van der Waals surface area contributed by atoms with Crippen LogP contribution in [0.3, 0.4) is 0 Å². The van der Waals surface area contributed by atoms with Gasteiger partial charge in [-0.1, -0.05) is 0 Å². The molecular weight excluding hydrogens is 244 g/mol. The van der Waals surface area contributed by atoms with Crippen molar-refractivity contribution in [3.63, 3.8) is 0 Å². The molecule has 4 heteroatoms. The Balaban J connectivity index is 2.23. The Kier molecular flexibility index (Phi) is 2.54. The summed E-state index contributed by atoms with van der Waals surface area (Å²) in [5.41, 5.74) is 0.985. The molecule has 0 spiro atoms. The maximum Gasteiger partial charge on any atom is 0.220 e. The lowest BCUT2D eigenvalue weighted by molar-refractivity contribution is -0.119. The standard InChI is InChI=1S/C10H11BrN2O/c1-6-8(4-10(14)13-6)9-3-2-7(11)5-12-9/h2-3,5-6,8H,4H2,1H3,(H,13,14). The first-order valence-corrected chi connectivity index (χ1v) is 5.37. The highest BCUT2D eigenvalue weighted by Crippen LogP contribution is 2.27. The van der Waals surface area contributed by atoms with E-state index in [2.05, 4.69) is 26.2 Å². The van der Waals surface area contributed by atoms with Crippen LogP contribution in [-0.2, 0) is 4.79 Å². The van der Waals surface area contributed by atoms with Crippen LogP contribution in [0.1, 0.15) is 25.0 Å². The van der Waals surface area contributed by atoms with Gasteiger partial charge < -0.3 is 5.32 Å². The topological polar surface area (TPSA) is 42.0 Å². The minimum Gasteiger partial charge on any atom is -0.353 e. The second kappa shape index (κ2) is 3.69. The molecule has 1 N–H and O–H groups in total. The van der Waals surface area contributed by atoms with Gasteiger partial charge in [-0.25, -0.2) is 0 Å². The van der Waals surface area contributed by atoms with E-state index >= 15 is 0 Å². The summed E-state index contributed by atoms with van der Waals surface area (Å²) in [4.78, 5) is 15.5. The van der Waals surface area contributed by atoms with Crippen LogP contribution in [0.4, 0.5) is 0 Å². The van der Waals surface area contributed by atoms with Crippen molar-refractivity contribution in [3.05, 3.63) is 28.5 Å². The Morgan fingerprint density at radius 2 is 2.36 bits per heavy atom. The average Bonchev–Trinajstić information content (AvgIpc) is 2.47. The number of pyridine rings is 1. The predicted molar refractivity (Wildman–Crippen MR) is 56.9 cm³/mol. The lowest BCUT2D eigenvalue weighted by atomic mass is 9.97. The van der Waals surface area contributed by atoms with Crippen LogP contribution in [0.5, 0.6) is 0 Å². The first-order chi connectivity index (χ1) is 6.66. The summed E-state index contributed by atoms with van der Waals surface area (Å²) >= 11 is 3.34. The number of carbonyl (C=O) groups excluding carboxylic acids is 1. The van der Waals surface area contributed by atoms with Gasteiger partial charge in [0, 0.05) is 34.7 Å². The molecule has 2 heterocycles. The number of aromatic nitrogens is 1. The van der Waals surface area contributed by atoms with Crippen molar-refractivity contribution in [1.29, 1.82) is 0 Å². The van der Waals surface area contributed by atoms with E-state index in [0.29, 0.717) is 6.42 Å². The van der Waals surface area contributed by atoms with Gasteiger partial charge in [-0.2, -0.15) is 0 Å². The molecule has 2 atom stereocenters. The lowest BCUT2D eigenvalue weighted by Crippen LogP contribution is -2.24. The summed E-state index contributed by atoms with van der Waals surface area (Å²) < 4.78 is 0.964. The Morgan fingerprint density at radius 3 is 2.86 bits per heavy atom. The van der Waals surface area contributed by atoms with E-state index in [4.69, 9.17) is 0 Å². The largest absolute Gasteiger partial charge is 0.353 e. The highest BCUT2D eigenvalue weighted by atomic mass is 79.9. The quantitative estimate of drug-likeness (QED) is 0.831. The molecule has 0 aliphatic carbocycles. The molecule has 3 nitrogen and oxygen atoms in total. The van der Waals surface area contributed by atoms with Gasteiger partial charge in [0.05, 0.1) is 0 Å². The van der Waals surface area contributed by atoms with Crippen LogP contribution in [0, 0.1) is 0 Å². The number of hydrogen-bond acceptors (Lipinski definition) is 2. The fourth-order valence-corrected chi connectivity index (χ4v) is 1.99. The highest BCUT2D eigenvalue weighted by Gasteiger charge is 2.30. The molecule has 14 heavy (non-hydrogen) atoms. The van der Waals surface area contributed by atoms with Crippen LogP contribution in [0.2, 0.25) is 0 Å². The SMILES string of the molecule is CC1NC(=O)CC1c1ccc(Br)cn1. The monoisotopic (exact) mass is 254 g/mol. The average molecular weight is 255 g/mol. The van der Waals surface area contributed by atoms with Gasteiger partial charge in [0.25, 0.3) is 0 Å². The van der Waals surface area contributed by atoms with Crippen molar-refractivity contribution >= 4 is 21.8 Å². The summed E-state index contributed by atoms with van der Waals surface area (Å²) in [7, 11) is 0. The maximum absolute atomic E-state index is 11.2. The molecule has 1 aromatic heterocycles. The zero-order chi connectivity index (χ0) is 10.1. The molecule has 1 aliphatic heterocycles. The summed E-state index contributed by atoms with van der Waals surface area (Å²) in [6, 6.07) is 4.11. The molecule has 0 radical (unpaired) electrons. The molecule has 1 aromatic rings. The van der Waals surface area contributed by atoms with Gasteiger partial charge in [0.1, 0.15) is 0 Å². The van der Waals surface area contributed by atoms with Crippen molar-refractivity contribution in [2.75, 3.05) is 0 Å². The van der Waals surface area contributed by atoms with Crippen LogP contribution in [-0.4, -0.2) is 16.9 Å².